The van der Waals surface area contributed by atoms with Crippen LogP contribution in [0.1, 0.15) is 31.5 Å². The fourth-order valence-corrected chi connectivity index (χ4v) is 4.19. The summed E-state index contributed by atoms with van der Waals surface area (Å²) in [6, 6.07) is 14.4. The zero-order valence-electron chi connectivity index (χ0n) is 17.8. The average Bonchev–Trinajstić information content (AvgIpc) is 3.15. The molecule has 1 unspecified atom stereocenters. The molecule has 1 atom stereocenters. The van der Waals surface area contributed by atoms with Crippen LogP contribution in [0.25, 0.3) is 22.0 Å². The number of pyridine rings is 2. The van der Waals surface area contributed by atoms with Gasteiger partial charge in [-0.15, -0.1) is 0 Å². The minimum atomic E-state index is -4.80. The van der Waals surface area contributed by atoms with Crippen molar-refractivity contribution in [3.63, 3.8) is 0 Å². The summed E-state index contributed by atoms with van der Waals surface area (Å²) in [5.74, 6) is 0. The third-order valence-corrected chi connectivity index (χ3v) is 5.86. The molecule has 0 aliphatic heterocycles. The maximum absolute atomic E-state index is 14.2. The van der Waals surface area contributed by atoms with Crippen LogP contribution in [-0.4, -0.2) is 31.8 Å². The highest BCUT2D eigenvalue weighted by molar-refractivity contribution is 5.79. The lowest BCUT2D eigenvalue weighted by molar-refractivity contribution is -0.266. The summed E-state index contributed by atoms with van der Waals surface area (Å²) in [7, 11) is 0. The van der Waals surface area contributed by atoms with Crippen LogP contribution in [0.15, 0.2) is 73.3 Å². The summed E-state index contributed by atoms with van der Waals surface area (Å²) in [6.45, 7) is 3.45. The zero-order valence-corrected chi connectivity index (χ0v) is 17.8. The number of benzene rings is 1. The molecule has 2 N–H and O–H groups in total. The second-order valence-electron chi connectivity index (χ2n) is 8.85. The highest BCUT2D eigenvalue weighted by Gasteiger charge is 2.56. The summed E-state index contributed by atoms with van der Waals surface area (Å²) in [4.78, 5) is 11.0. The fourth-order valence-electron chi connectivity index (χ4n) is 4.19. The number of alkyl halides is 3. The Kier molecular flexibility index (Phi) is 5.54. The number of fused-ring (bicyclic) bond motifs is 1. The number of halogens is 3. The number of aliphatic hydroxyl groups is 1. The lowest BCUT2D eigenvalue weighted by atomic mass is 9.73. The number of H-pyrrole nitrogens is 1. The monoisotopic (exact) mass is 439 g/mol. The lowest BCUT2D eigenvalue weighted by Gasteiger charge is -2.38. The van der Waals surface area contributed by atoms with Crippen LogP contribution in [0, 0.1) is 0 Å². The standard InChI is InChI=1S/C25H24F3N3O/c1-23(2,20-7-3-5-17(11-20)19-6-4-9-29-14-19)16-24(32,25(26,27)28)13-21-12-18-8-10-30-15-22(18)31-21/h3-12,14-15,31-32H,13,16H2,1-2H3. The Labute approximate surface area is 184 Å². The van der Waals surface area contributed by atoms with E-state index in [1.165, 1.54) is 0 Å². The van der Waals surface area contributed by atoms with E-state index in [0.29, 0.717) is 16.8 Å². The van der Waals surface area contributed by atoms with Gasteiger partial charge in [-0.2, -0.15) is 13.2 Å². The van der Waals surface area contributed by atoms with Crippen LogP contribution in [-0.2, 0) is 11.8 Å². The van der Waals surface area contributed by atoms with Crippen molar-refractivity contribution in [2.24, 2.45) is 0 Å². The number of hydrogen-bond acceptors (Lipinski definition) is 3. The molecule has 3 heterocycles. The maximum atomic E-state index is 14.2. The minimum Gasteiger partial charge on any atom is -0.380 e. The SMILES string of the molecule is CC(C)(CC(O)(Cc1cc2ccncc2[nH]1)C(F)(F)F)c1cccc(-c2cccnc2)c1. The van der Waals surface area contributed by atoms with Crippen molar-refractivity contribution in [3.8, 4) is 11.1 Å². The van der Waals surface area contributed by atoms with Gasteiger partial charge in [0.25, 0.3) is 0 Å². The van der Waals surface area contributed by atoms with Crippen molar-refractivity contribution in [1.82, 2.24) is 15.0 Å². The van der Waals surface area contributed by atoms with Gasteiger partial charge in [-0.25, -0.2) is 0 Å². The molecule has 0 aliphatic rings. The fraction of sp³-hybridized carbons (Fsp3) is 0.280. The molecule has 4 nitrogen and oxygen atoms in total. The first-order valence-electron chi connectivity index (χ1n) is 10.3. The molecule has 3 aromatic heterocycles. The van der Waals surface area contributed by atoms with Crippen LogP contribution in [0.5, 0.6) is 0 Å². The second kappa shape index (κ2) is 8.06. The van der Waals surface area contributed by atoms with Gasteiger partial charge < -0.3 is 10.1 Å². The molecule has 4 rings (SSSR count). The molecule has 0 amide bonds. The number of aromatic amines is 1. The summed E-state index contributed by atoms with van der Waals surface area (Å²) in [6.07, 6.45) is 0.642. The Morgan fingerprint density at radius 3 is 2.34 bits per heavy atom. The van der Waals surface area contributed by atoms with Crippen LogP contribution in [0.3, 0.4) is 0 Å². The van der Waals surface area contributed by atoms with E-state index in [9.17, 15) is 18.3 Å². The quantitative estimate of drug-likeness (QED) is 0.397. The molecule has 1 aromatic carbocycles. The van der Waals surface area contributed by atoms with Crippen LogP contribution in [0.2, 0.25) is 0 Å². The van der Waals surface area contributed by atoms with Crippen molar-refractivity contribution < 1.29 is 18.3 Å². The zero-order chi connectivity index (χ0) is 23.0. The molecule has 0 saturated heterocycles. The van der Waals surface area contributed by atoms with Gasteiger partial charge in [-0.1, -0.05) is 44.2 Å². The smallest absolute Gasteiger partial charge is 0.380 e. The van der Waals surface area contributed by atoms with Gasteiger partial charge in [-0.3, -0.25) is 9.97 Å². The Balaban J connectivity index is 1.66. The normalized spacial score (nSPS) is 14.4. The topological polar surface area (TPSA) is 61.8 Å². The van der Waals surface area contributed by atoms with Crippen LogP contribution < -0.4 is 0 Å². The molecular weight excluding hydrogens is 415 g/mol. The molecule has 0 radical (unpaired) electrons. The van der Waals surface area contributed by atoms with E-state index in [4.69, 9.17) is 0 Å². The van der Waals surface area contributed by atoms with Gasteiger partial charge in [0.15, 0.2) is 5.60 Å². The van der Waals surface area contributed by atoms with E-state index >= 15 is 0 Å². The summed E-state index contributed by atoms with van der Waals surface area (Å²) in [5.41, 5.74) is -0.457. The maximum Gasteiger partial charge on any atom is 0.417 e. The molecule has 4 aromatic rings. The molecule has 166 valence electrons. The lowest BCUT2D eigenvalue weighted by Crippen LogP contribution is -2.50. The van der Waals surface area contributed by atoms with E-state index in [1.807, 2.05) is 30.3 Å². The van der Waals surface area contributed by atoms with Gasteiger partial charge in [-0.05, 0) is 46.7 Å². The summed E-state index contributed by atoms with van der Waals surface area (Å²) in [5, 5.41) is 11.7. The molecule has 0 bridgehead atoms. The Morgan fingerprint density at radius 1 is 0.906 bits per heavy atom. The molecule has 0 aliphatic carbocycles. The predicted octanol–water partition coefficient (Wildman–Crippen LogP) is 5.83. The Morgan fingerprint density at radius 2 is 1.66 bits per heavy atom. The van der Waals surface area contributed by atoms with Gasteiger partial charge >= 0.3 is 6.18 Å². The molecule has 0 spiro atoms. The van der Waals surface area contributed by atoms with E-state index in [2.05, 4.69) is 15.0 Å². The molecule has 0 fully saturated rings. The minimum absolute atomic E-state index is 0.313. The number of rotatable bonds is 6. The number of aromatic nitrogens is 3. The third kappa shape index (κ3) is 4.39. The Bertz CT molecular complexity index is 1180. The average molecular weight is 439 g/mol. The first-order valence-corrected chi connectivity index (χ1v) is 10.3. The van der Waals surface area contributed by atoms with Gasteiger partial charge in [0.2, 0.25) is 0 Å². The highest BCUT2D eigenvalue weighted by Crippen LogP contribution is 2.43. The van der Waals surface area contributed by atoms with E-state index in [0.717, 1.165) is 16.5 Å². The van der Waals surface area contributed by atoms with Crippen molar-refractivity contribution >= 4 is 10.9 Å². The second-order valence-corrected chi connectivity index (χ2v) is 8.85. The van der Waals surface area contributed by atoms with E-state index < -0.39 is 30.0 Å². The van der Waals surface area contributed by atoms with Crippen molar-refractivity contribution in [1.29, 1.82) is 0 Å². The largest absolute Gasteiger partial charge is 0.417 e. The van der Waals surface area contributed by atoms with Gasteiger partial charge in [0, 0.05) is 36.1 Å². The van der Waals surface area contributed by atoms with Crippen LogP contribution in [0.4, 0.5) is 13.2 Å². The number of nitrogens with one attached hydrogen (secondary N) is 1. The first kappa shape index (κ1) is 22.0. The first-order chi connectivity index (χ1) is 15.1. The molecule has 7 heteroatoms. The van der Waals surface area contributed by atoms with Crippen molar-refractivity contribution in [2.75, 3.05) is 0 Å². The van der Waals surface area contributed by atoms with Crippen molar-refractivity contribution in [3.05, 3.63) is 84.6 Å². The van der Waals surface area contributed by atoms with Crippen molar-refractivity contribution in [2.45, 2.75) is 43.9 Å². The molecule has 32 heavy (non-hydrogen) atoms. The number of nitrogens with zero attached hydrogens (tertiary/aromatic N) is 2. The summed E-state index contributed by atoms with van der Waals surface area (Å²) < 4.78 is 42.5. The molecule has 0 saturated carbocycles. The van der Waals surface area contributed by atoms with E-state index in [1.54, 1.807) is 56.8 Å². The Hall–Kier alpha value is -3.19. The summed E-state index contributed by atoms with van der Waals surface area (Å²) >= 11 is 0. The third-order valence-electron chi connectivity index (χ3n) is 5.86. The van der Waals surface area contributed by atoms with E-state index in [-0.39, 0.29) is 0 Å². The van der Waals surface area contributed by atoms with Gasteiger partial charge in [0.1, 0.15) is 0 Å². The van der Waals surface area contributed by atoms with Crippen LogP contribution >= 0.6 is 0 Å². The number of hydrogen-bond donors (Lipinski definition) is 2. The highest BCUT2D eigenvalue weighted by atomic mass is 19.4. The predicted molar refractivity (Wildman–Crippen MR) is 118 cm³/mol. The van der Waals surface area contributed by atoms with Gasteiger partial charge in [0.05, 0.1) is 11.7 Å². The molecular formula is C25H24F3N3O.